The Bertz CT molecular complexity index is 1360. The predicted octanol–water partition coefficient (Wildman–Crippen LogP) is 4.77. The molecule has 2 N–H and O–H groups in total. The van der Waals surface area contributed by atoms with Gasteiger partial charge in [-0.15, -0.1) is 0 Å². The van der Waals surface area contributed by atoms with Crippen molar-refractivity contribution in [1.82, 2.24) is 14.7 Å². The van der Waals surface area contributed by atoms with E-state index in [1.54, 1.807) is 10.6 Å². The minimum absolute atomic E-state index is 0.181. The van der Waals surface area contributed by atoms with Crippen molar-refractivity contribution < 1.29 is 18.7 Å². The van der Waals surface area contributed by atoms with Crippen LogP contribution in [-0.4, -0.2) is 38.1 Å². The molecule has 4 aliphatic carbocycles. The maximum Gasteiger partial charge on any atom is 0.270 e. The lowest BCUT2D eigenvalue weighted by atomic mass is 9.51. The Labute approximate surface area is 208 Å². The van der Waals surface area contributed by atoms with Crippen molar-refractivity contribution >= 4 is 17.2 Å². The van der Waals surface area contributed by atoms with Gasteiger partial charge in [-0.25, -0.2) is 13.8 Å². The smallest absolute Gasteiger partial charge is 0.270 e. The summed E-state index contributed by atoms with van der Waals surface area (Å²) in [6, 6.07) is 7.12. The zero-order valence-corrected chi connectivity index (χ0v) is 20.1. The molecule has 5 fully saturated rings. The van der Waals surface area contributed by atoms with E-state index in [4.69, 9.17) is 0 Å². The number of carbonyl (C=O) groups excluding carboxylic acids is 1. The maximum atomic E-state index is 14.6. The number of nitrogens with one attached hydrogen (secondary N) is 1. The number of pyridine rings is 1. The minimum atomic E-state index is -0.652. The Morgan fingerprint density at radius 3 is 2.69 bits per heavy atom. The summed E-state index contributed by atoms with van der Waals surface area (Å²) in [6.07, 6.45) is 10.4. The Kier molecular flexibility index (Phi) is 4.78. The summed E-state index contributed by atoms with van der Waals surface area (Å²) in [5.41, 5.74) is 1.29. The normalized spacial score (nSPS) is 33.0. The van der Waals surface area contributed by atoms with Gasteiger partial charge in [0.25, 0.3) is 5.91 Å². The lowest BCUT2D eigenvalue weighted by Gasteiger charge is -2.60. The number of imidazole rings is 1. The molecular formula is C28H30F2N4O2. The van der Waals surface area contributed by atoms with Crippen LogP contribution in [0.25, 0.3) is 5.65 Å². The largest absolute Gasteiger partial charge is 0.390 e. The van der Waals surface area contributed by atoms with E-state index in [9.17, 15) is 18.7 Å². The second-order valence-electron chi connectivity index (χ2n) is 11.7. The van der Waals surface area contributed by atoms with Crippen LogP contribution in [0.2, 0.25) is 0 Å². The molecule has 1 aliphatic heterocycles. The molecule has 4 saturated carbocycles. The third-order valence-corrected chi connectivity index (χ3v) is 9.03. The highest BCUT2D eigenvalue weighted by atomic mass is 19.1. The van der Waals surface area contributed by atoms with Crippen LogP contribution in [0, 0.1) is 23.5 Å². The molecule has 0 spiro atoms. The Morgan fingerprint density at radius 2 is 1.92 bits per heavy atom. The molecule has 0 radical (unpaired) electrons. The summed E-state index contributed by atoms with van der Waals surface area (Å²) < 4.78 is 30.3. The zero-order chi connectivity index (χ0) is 24.7. The monoisotopic (exact) mass is 492 g/mol. The number of carbonyl (C=O) groups is 1. The number of hydrogen-bond donors (Lipinski definition) is 2. The van der Waals surface area contributed by atoms with Gasteiger partial charge >= 0.3 is 0 Å². The highest BCUT2D eigenvalue weighted by Gasteiger charge is 2.57. The second kappa shape index (κ2) is 7.75. The van der Waals surface area contributed by atoms with E-state index >= 15 is 0 Å². The van der Waals surface area contributed by atoms with Crippen molar-refractivity contribution in [2.45, 2.75) is 68.5 Å². The molecule has 6 nitrogen and oxygen atoms in total. The summed E-state index contributed by atoms with van der Waals surface area (Å²) >= 11 is 0. The third kappa shape index (κ3) is 3.52. The number of rotatable bonds is 4. The molecule has 1 saturated heterocycles. The van der Waals surface area contributed by atoms with Crippen molar-refractivity contribution in [3.63, 3.8) is 0 Å². The van der Waals surface area contributed by atoms with Crippen LogP contribution in [0.4, 0.5) is 14.5 Å². The first-order chi connectivity index (χ1) is 17.3. The molecule has 0 unspecified atom stereocenters. The Balaban J connectivity index is 1.19. The number of aliphatic hydroxyl groups is 1. The Hall–Kier alpha value is -3.00. The first-order valence-electron chi connectivity index (χ1n) is 13.0. The highest BCUT2D eigenvalue weighted by molar-refractivity contribution is 5.94. The fourth-order valence-electron chi connectivity index (χ4n) is 8.14. The van der Waals surface area contributed by atoms with Crippen LogP contribution in [0.3, 0.4) is 0 Å². The summed E-state index contributed by atoms with van der Waals surface area (Å²) in [6.45, 7) is 0.715. The van der Waals surface area contributed by atoms with E-state index < -0.39 is 17.2 Å². The van der Waals surface area contributed by atoms with Gasteiger partial charge in [-0.3, -0.25) is 9.20 Å². The average Bonchev–Trinajstić information content (AvgIpc) is 3.45. The van der Waals surface area contributed by atoms with Crippen molar-refractivity contribution in [2.24, 2.45) is 11.8 Å². The van der Waals surface area contributed by atoms with Crippen molar-refractivity contribution in [2.75, 3.05) is 11.4 Å². The van der Waals surface area contributed by atoms with Gasteiger partial charge in [-0.2, -0.15) is 0 Å². The van der Waals surface area contributed by atoms with Crippen LogP contribution in [0.5, 0.6) is 0 Å². The lowest BCUT2D eigenvalue weighted by molar-refractivity contribution is -0.139. The molecule has 8 rings (SSSR count). The van der Waals surface area contributed by atoms with Crippen LogP contribution in [0.15, 0.2) is 42.7 Å². The molecule has 3 heterocycles. The maximum absolute atomic E-state index is 14.6. The number of hydrogen-bond acceptors (Lipinski definition) is 4. The number of aromatic nitrogens is 2. The van der Waals surface area contributed by atoms with Gasteiger partial charge in [0.1, 0.15) is 23.0 Å². The molecule has 4 bridgehead atoms. The molecule has 36 heavy (non-hydrogen) atoms. The number of benzene rings is 1. The molecule has 188 valence electrons. The number of fused-ring (bicyclic) bond motifs is 1. The zero-order valence-electron chi connectivity index (χ0n) is 20.1. The quantitative estimate of drug-likeness (QED) is 0.551. The molecule has 1 aromatic carbocycles. The van der Waals surface area contributed by atoms with Crippen LogP contribution in [-0.2, 0) is 0 Å². The summed E-state index contributed by atoms with van der Waals surface area (Å²) in [5, 5.41) is 14.4. The van der Waals surface area contributed by atoms with Gasteiger partial charge in [-0.1, -0.05) is 0 Å². The first kappa shape index (κ1) is 22.2. The SMILES string of the molecule is O=C(N[C@]12C[C@@H]3C[C@@H](C[C@@](O)(C3)C1)C2)c1cnc2ccc(N3CCC[C@@H]3c3cc(F)ccc3F)cn12. The van der Waals surface area contributed by atoms with Gasteiger partial charge < -0.3 is 15.3 Å². The fourth-order valence-corrected chi connectivity index (χ4v) is 8.14. The summed E-state index contributed by atoms with van der Waals surface area (Å²) in [5.74, 6) is -0.0911. The standard InChI is InChI=1S/C28H30F2N4O2/c29-19-3-5-22(30)21(9-19)23-2-1-7-33(23)20-4-6-25-31-14-24(34(25)15-20)26(35)32-27-10-17-8-18(11-27)13-28(36,12-17)16-27/h3-6,9,14-15,17-18,23,36H,1-2,7-8,10-13,16H2,(H,32,35)/t17-,18+,23-,27-,28-/m1/s1. The van der Waals surface area contributed by atoms with Crippen LogP contribution < -0.4 is 10.2 Å². The van der Waals surface area contributed by atoms with Gasteiger partial charge in [0.2, 0.25) is 0 Å². The predicted molar refractivity (Wildman–Crippen MR) is 131 cm³/mol. The van der Waals surface area contributed by atoms with Crippen molar-refractivity contribution in [3.05, 3.63) is 65.6 Å². The number of anilines is 1. The highest BCUT2D eigenvalue weighted by Crippen LogP contribution is 2.57. The van der Waals surface area contributed by atoms with Gasteiger partial charge in [0, 0.05) is 23.8 Å². The summed E-state index contributed by atoms with van der Waals surface area (Å²) in [7, 11) is 0. The van der Waals surface area contributed by atoms with E-state index in [0.29, 0.717) is 41.7 Å². The lowest BCUT2D eigenvalue weighted by Crippen LogP contribution is -2.65. The number of amides is 1. The van der Waals surface area contributed by atoms with E-state index in [2.05, 4.69) is 15.2 Å². The minimum Gasteiger partial charge on any atom is -0.390 e. The second-order valence-corrected chi connectivity index (χ2v) is 11.7. The topological polar surface area (TPSA) is 69.9 Å². The summed E-state index contributed by atoms with van der Waals surface area (Å²) in [4.78, 5) is 20.1. The van der Waals surface area contributed by atoms with Gasteiger partial charge in [0.05, 0.1) is 23.5 Å². The van der Waals surface area contributed by atoms with Crippen molar-refractivity contribution in [1.29, 1.82) is 0 Å². The van der Waals surface area contributed by atoms with Gasteiger partial charge in [0.15, 0.2) is 0 Å². The van der Waals surface area contributed by atoms with Crippen LogP contribution in [0.1, 0.15) is 73.5 Å². The Morgan fingerprint density at radius 1 is 1.11 bits per heavy atom. The molecule has 1 amide bonds. The molecule has 8 heteroatoms. The van der Waals surface area contributed by atoms with E-state index in [1.165, 1.54) is 12.1 Å². The fraction of sp³-hybridized carbons (Fsp3) is 0.500. The number of nitrogens with zero attached hydrogens (tertiary/aromatic N) is 3. The number of halogens is 2. The first-order valence-corrected chi connectivity index (χ1v) is 13.0. The molecule has 3 aromatic rings. The van der Waals surface area contributed by atoms with E-state index in [-0.39, 0.29) is 17.5 Å². The molecule has 2 aromatic heterocycles. The average molecular weight is 493 g/mol. The third-order valence-electron chi connectivity index (χ3n) is 9.03. The van der Waals surface area contributed by atoms with E-state index in [0.717, 1.165) is 56.7 Å². The molecule has 5 aliphatic rings. The van der Waals surface area contributed by atoms with E-state index in [1.807, 2.05) is 18.3 Å². The molecular weight excluding hydrogens is 462 g/mol. The van der Waals surface area contributed by atoms with Crippen LogP contribution >= 0.6 is 0 Å². The van der Waals surface area contributed by atoms with Crippen molar-refractivity contribution in [3.8, 4) is 0 Å². The molecule has 5 atom stereocenters. The van der Waals surface area contributed by atoms with Gasteiger partial charge in [-0.05, 0) is 93.5 Å².